The molecule has 0 spiro atoms. The summed E-state index contributed by atoms with van der Waals surface area (Å²) in [6.07, 6.45) is 3.63. The molecule has 0 radical (unpaired) electrons. The molecule has 0 unspecified atom stereocenters. The molecular formula is C18H23N3O3. The van der Waals surface area contributed by atoms with E-state index in [1.807, 2.05) is 54.2 Å². The molecule has 2 atom stereocenters. The topological polar surface area (TPSA) is 56.6 Å². The van der Waals surface area contributed by atoms with Gasteiger partial charge in [-0.3, -0.25) is 14.4 Å². The molecule has 0 aliphatic carbocycles. The number of ether oxygens (including phenoxy) is 2. The third-order valence-corrected chi connectivity index (χ3v) is 4.22. The van der Waals surface area contributed by atoms with E-state index in [1.165, 1.54) is 0 Å². The van der Waals surface area contributed by atoms with Crippen molar-refractivity contribution in [2.75, 3.05) is 32.9 Å². The van der Waals surface area contributed by atoms with Gasteiger partial charge in [-0.15, -0.1) is 0 Å². The monoisotopic (exact) mass is 329 g/mol. The highest BCUT2D eigenvalue weighted by Gasteiger charge is 2.38. The number of carbonyl (C=O) groups excluding carboxylic acids is 1. The minimum atomic E-state index is -0.434. The Balaban J connectivity index is 2.00. The summed E-state index contributed by atoms with van der Waals surface area (Å²) in [6, 6.07) is 11.2. The molecular weight excluding hydrogens is 306 g/mol. The zero-order valence-corrected chi connectivity index (χ0v) is 13.9. The second-order valence-corrected chi connectivity index (χ2v) is 5.69. The van der Waals surface area contributed by atoms with Crippen molar-refractivity contribution in [1.82, 2.24) is 14.7 Å². The standard InChI is InChI=1S/C18H23N3O3/c1-2-24-18(22)17(20-11-13-23-14-12-20)16(21-10-6-9-19-21)15-7-4-3-5-8-15/h3-10,16-17H,2,11-14H2,1H3/t16-,17+/m0/s1. The molecule has 3 rings (SSSR count). The molecule has 0 N–H and O–H groups in total. The van der Waals surface area contributed by atoms with E-state index in [0.717, 1.165) is 5.56 Å². The summed E-state index contributed by atoms with van der Waals surface area (Å²) in [7, 11) is 0. The minimum absolute atomic E-state index is 0.219. The van der Waals surface area contributed by atoms with Crippen molar-refractivity contribution in [3.05, 3.63) is 54.4 Å². The molecule has 2 aromatic rings. The molecule has 24 heavy (non-hydrogen) atoms. The second kappa shape index (κ2) is 8.08. The summed E-state index contributed by atoms with van der Waals surface area (Å²) >= 11 is 0. The first-order valence-corrected chi connectivity index (χ1v) is 8.33. The number of nitrogens with zero attached hydrogens (tertiary/aromatic N) is 3. The maximum absolute atomic E-state index is 12.8. The van der Waals surface area contributed by atoms with Crippen LogP contribution in [0.2, 0.25) is 0 Å². The zero-order valence-electron chi connectivity index (χ0n) is 13.9. The van der Waals surface area contributed by atoms with Gasteiger partial charge in [-0.05, 0) is 18.6 Å². The van der Waals surface area contributed by atoms with Crippen LogP contribution in [0.3, 0.4) is 0 Å². The molecule has 1 aliphatic rings. The minimum Gasteiger partial charge on any atom is -0.465 e. The Morgan fingerprint density at radius 3 is 2.62 bits per heavy atom. The third-order valence-electron chi connectivity index (χ3n) is 4.22. The second-order valence-electron chi connectivity index (χ2n) is 5.69. The van der Waals surface area contributed by atoms with E-state index in [1.54, 1.807) is 6.20 Å². The van der Waals surface area contributed by atoms with Crippen LogP contribution in [0.15, 0.2) is 48.8 Å². The molecule has 6 heteroatoms. The summed E-state index contributed by atoms with van der Waals surface area (Å²) in [4.78, 5) is 14.9. The van der Waals surface area contributed by atoms with Gasteiger partial charge in [0.1, 0.15) is 12.1 Å². The lowest BCUT2D eigenvalue weighted by Gasteiger charge is -2.37. The van der Waals surface area contributed by atoms with Gasteiger partial charge in [0.25, 0.3) is 0 Å². The van der Waals surface area contributed by atoms with E-state index in [2.05, 4.69) is 10.00 Å². The van der Waals surface area contributed by atoms with Crippen LogP contribution in [-0.2, 0) is 14.3 Å². The number of morpholine rings is 1. The third kappa shape index (κ3) is 3.66. The molecule has 1 saturated heterocycles. The van der Waals surface area contributed by atoms with Crippen molar-refractivity contribution in [1.29, 1.82) is 0 Å². The predicted octanol–water partition coefficient (Wildman–Crippen LogP) is 1.74. The van der Waals surface area contributed by atoms with Crippen molar-refractivity contribution in [3.8, 4) is 0 Å². The van der Waals surface area contributed by atoms with Crippen LogP contribution in [0.4, 0.5) is 0 Å². The van der Waals surface area contributed by atoms with Crippen LogP contribution in [0.25, 0.3) is 0 Å². The van der Waals surface area contributed by atoms with Gasteiger partial charge in [-0.1, -0.05) is 30.3 Å². The van der Waals surface area contributed by atoms with Crippen LogP contribution >= 0.6 is 0 Å². The number of esters is 1. The lowest BCUT2D eigenvalue weighted by Crippen LogP contribution is -2.52. The lowest BCUT2D eigenvalue weighted by molar-refractivity contribution is -0.153. The van der Waals surface area contributed by atoms with Gasteiger partial charge in [0.05, 0.1) is 19.8 Å². The van der Waals surface area contributed by atoms with Gasteiger partial charge in [0.2, 0.25) is 0 Å². The number of hydrogen-bond acceptors (Lipinski definition) is 5. The normalized spacial score (nSPS) is 18.0. The molecule has 1 fully saturated rings. The molecule has 128 valence electrons. The van der Waals surface area contributed by atoms with Crippen LogP contribution in [0.5, 0.6) is 0 Å². The summed E-state index contributed by atoms with van der Waals surface area (Å²) in [5.41, 5.74) is 1.03. The maximum Gasteiger partial charge on any atom is 0.325 e. The predicted molar refractivity (Wildman–Crippen MR) is 89.6 cm³/mol. The van der Waals surface area contributed by atoms with Crippen LogP contribution in [-0.4, -0.2) is 59.6 Å². The smallest absolute Gasteiger partial charge is 0.325 e. The molecule has 2 heterocycles. The first-order chi connectivity index (χ1) is 11.8. The van der Waals surface area contributed by atoms with Gasteiger partial charge in [0, 0.05) is 25.5 Å². The van der Waals surface area contributed by atoms with Crippen molar-refractivity contribution < 1.29 is 14.3 Å². The SMILES string of the molecule is CCOC(=O)[C@@H]([C@H](c1ccccc1)n1cccn1)N1CCOCC1. The quantitative estimate of drug-likeness (QED) is 0.756. The molecule has 0 bridgehead atoms. The number of aromatic nitrogens is 2. The number of benzene rings is 1. The molecule has 1 aromatic heterocycles. The number of rotatable bonds is 6. The fraction of sp³-hybridized carbons (Fsp3) is 0.444. The largest absolute Gasteiger partial charge is 0.465 e. The summed E-state index contributed by atoms with van der Waals surface area (Å²) < 4.78 is 12.7. The Morgan fingerprint density at radius 1 is 1.25 bits per heavy atom. The summed E-state index contributed by atoms with van der Waals surface area (Å²) in [5.74, 6) is -0.219. The van der Waals surface area contributed by atoms with E-state index in [4.69, 9.17) is 9.47 Å². The Labute approximate surface area is 142 Å². The zero-order chi connectivity index (χ0) is 16.8. The maximum atomic E-state index is 12.8. The Hall–Kier alpha value is -2.18. The molecule has 0 saturated carbocycles. The van der Waals surface area contributed by atoms with E-state index in [-0.39, 0.29) is 12.0 Å². The number of carbonyl (C=O) groups is 1. The van der Waals surface area contributed by atoms with Gasteiger partial charge >= 0.3 is 5.97 Å². The van der Waals surface area contributed by atoms with E-state index >= 15 is 0 Å². The molecule has 1 aromatic carbocycles. The van der Waals surface area contributed by atoms with Crippen molar-refractivity contribution in [3.63, 3.8) is 0 Å². The molecule has 0 amide bonds. The molecule has 6 nitrogen and oxygen atoms in total. The van der Waals surface area contributed by atoms with Gasteiger partial charge in [-0.25, -0.2) is 0 Å². The summed E-state index contributed by atoms with van der Waals surface area (Å²) in [6.45, 7) is 4.84. The fourth-order valence-corrected chi connectivity index (χ4v) is 3.14. The van der Waals surface area contributed by atoms with E-state index in [0.29, 0.717) is 32.9 Å². The highest BCUT2D eigenvalue weighted by atomic mass is 16.5. The van der Waals surface area contributed by atoms with Crippen LogP contribution in [0.1, 0.15) is 18.5 Å². The Bertz CT molecular complexity index is 624. The molecule has 1 aliphatic heterocycles. The Kier molecular flexibility index (Phi) is 5.61. The van der Waals surface area contributed by atoms with E-state index in [9.17, 15) is 4.79 Å². The van der Waals surface area contributed by atoms with Gasteiger partial charge < -0.3 is 9.47 Å². The highest BCUT2D eigenvalue weighted by Crippen LogP contribution is 2.27. The Morgan fingerprint density at radius 2 is 2.00 bits per heavy atom. The van der Waals surface area contributed by atoms with Crippen LogP contribution < -0.4 is 0 Å². The average molecular weight is 329 g/mol. The fourth-order valence-electron chi connectivity index (χ4n) is 3.14. The van der Waals surface area contributed by atoms with Crippen LogP contribution in [0, 0.1) is 0 Å². The van der Waals surface area contributed by atoms with Gasteiger partial charge in [0.15, 0.2) is 0 Å². The van der Waals surface area contributed by atoms with Crippen molar-refractivity contribution in [2.45, 2.75) is 19.0 Å². The van der Waals surface area contributed by atoms with Gasteiger partial charge in [-0.2, -0.15) is 5.10 Å². The average Bonchev–Trinajstić information content (AvgIpc) is 3.15. The van der Waals surface area contributed by atoms with Crippen molar-refractivity contribution >= 4 is 5.97 Å². The highest BCUT2D eigenvalue weighted by molar-refractivity contribution is 5.77. The lowest BCUT2D eigenvalue weighted by atomic mass is 9.97. The summed E-state index contributed by atoms with van der Waals surface area (Å²) in [5, 5.41) is 4.40. The number of hydrogen-bond donors (Lipinski definition) is 0. The first kappa shape index (κ1) is 16.7. The first-order valence-electron chi connectivity index (χ1n) is 8.33. The van der Waals surface area contributed by atoms with Crippen molar-refractivity contribution in [2.24, 2.45) is 0 Å². The van der Waals surface area contributed by atoms with E-state index < -0.39 is 6.04 Å².